The number of aliphatic hydroxyl groups excluding tert-OH is 1. The van der Waals surface area contributed by atoms with Gasteiger partial charge in [0.15, 0.2) is 0 Å². The lowest BCUT2D eigenvalue weighted by Crippen LogP contribution is -2.39. The largest absolute Gasteiger partial charge is 0.445 e. The van der Waals surface area contributed by atoms with E-state index < -0.39 is 0 Å². The first-order valence-corrected chi connectivity index (χ1v) is 8.68. The molecule has 1 fully saturated rings. The normalized spacial score (nSPS) is 18.5. The lowest BCUT2D eigenvalue weighted by Gasteiger charge is -2.32. The monoisotopic (exact) mass is 319 g/mol. The Labute approximate surface area is 139 Å². The lowest BCUT2D eigenvalue weighted by molar-refractivity contribution is 0.0786. The molecule has 0 saturated carbocycles. The zero-order valence-corrected chi connectivity index (χ0v) is 14.3. The maximum atomic E-state index is 12.1. The van der Waals surface area contributed by atoms with Crippen LogP contribution in [0.2, 0.25) is 0 Å². The summed E-state index contributed by atoms with van der Waals surface area (Å²) in [5, 5.41) is 9.45. The highest BCUT2D eigenvalue weighted by Crippen LogP contribution is 2.26. The minimum atomic E-state index is -0.224. The van der Waals surface area contributed by atoms with Crippen LogP contribution in [-0.4, -0.2) is 35.3 Å². The number of likely N-dealkylation sites (tertiary alicyclic amines) is 1. The van der Waals surface area contributed by atoms with Gasteiger partial charge in [-0.1, -0.05) is 37.3 Å². The maximum Gasteiger partial charge on any atom is 0.410 e. The molecular weight excluding hydrogens is 290 g/mol. The van der Waals surface area contributed by atoms with Crippen LogP contribution in [0.25, 0.3) is 0 Å². The van der Waals surface area contributed by atoms with Crippen LogP contribution in [-0.2, 0) is 11.3 Å². The fraction of sp³-hybridized carbons (Fsp3) is 0.632. The molecule has 1 amide bonds. The Hall–Kier alpha value is -1.55. The fourth-order valence-electron chi connectivity index (χ4n) is 3.41. The molecule has 4 nitrogen and oxygen atoms in total. The van der Waals surface area contributed by atoms with E-state index in [9.17, 15) is 9.90 Å². The molecule has 1 saturated heterocycles. The molecule has 0 spiro atoms. The van der Waals surface area contributed by atoms with E-state index in [0.29, 0.717) is 18.4 Å². The van der Waals surface area contributed by atoms with Crippen LogP contribution in [0.4, 0.5) is 4.79 Å². The van der Waals surface area contributed by atoms with Crippen LogP contribution < -0.4 is 0 Å². The summed E-state index contributed by atoms with van der Waals surface area (Å²) in [5.41, 5.74) is 1.02. The van der Waals surface area contributed by atoms with E-state index in [0.717, 1.165) is 44.3 Å². The third-order valence-electron chi connectivity index (χ3n) is 4.56. The summed E-state index contributed by atoms with van der Waals surface area (Å²) in [5.74, 6) is 1.19. The van der Waals surface area contributed by atoms with Crippen molar-refractivity contribution in [2.24, 2.45) is 11.8 Å². The van der Waals surface area contributed by atoms with Crippen LogP contribution in [0.5, 0.6) is 0 Å². The highest BCUT2D eigenvalue weighted by Gasteiger charge is 2.25. The van der Waals surface area contributed by atoms with Crippen molar-refractivity contribution in [1.82, 2.24) is 4.90 Å². The van der Waals surface area contributed by atoms with E-state index in [-0.39, 0.29) is 12.2 Å². The quantitative estimate of drug-likeness (QED) is 0.867. The van der Waals surface area contributed by atoms with Crippen molar-refractivity contribution in [3.05, 3.63) is 35.9 Å². The number of carbonyl (C=O) groups excluding carboxylic acids is 1. The molecule has 0 radical (unpaired) electrons. The average Bonchev–Trinajstić information content (AvgIpc) is 2.53. The molecule has 0 aliphatic carbocycles. The molecule has 1 aliphatic rings. The van der Waals surface area contributed by atoms with Gasteiger partial charge in [-0.05, 0) is 50.0 Å². The Kier molecular flexibility index (Phi) is 6.90. The van der Waals surface area contributed by atoms with Gasteiger partial charge in [-0.3, -0.25) is 0 Å². The summed E-state index contributed by atoms with van der Waals surface area (Å²) in [7, 11) is 0. The molecule has 23 heavy (non-hydrogen) atoms. The van der Waals surface area contributed by atoms with Gasteiger partial charge in [0.1, 0.15) is 6.61 Å². The fourth-order valence-corrected chi connectivity index (χ4v) is 3.41. The first-order chi connectivity index (χ1) is 11.0. The van der Waals surface area contributed by atoms with Crippen molar-refractivity contribution in [2.75, 3.05) is 13.1 Å². The smallest absolute Gasteiger partial charge is 0.410 e. The molecule has 2 atom stereocenters. The third-order valence-corrected chi connectivity index (χ3v) is 4.56. The lowest BCUT2D eigenvalue weighted by atomic mass is 9.86. The van der Waals surface area contributed by atoms with Crippen LogP contribution in [0.15, 0.2) is 30.3 Å². The minimum Gasteiger partial charge on any atom is -0.445 e. The van der Waals surface area contributed by atoms with Gasteiger partial charge in [-0.2, -0.15) is 0 Å². The van der Waals surface area contributed by atoms with Crippen molar-refractivity contribution < 1.29 is 14.6 Å². The molecule has 1 aromatic rings. The summed E-state index contributed by atoms with van der Waals surface area (Å²) >= 11 is 0. The maximum absolute atomic E-state index is 12.1. The highest BCUT2D eigenvalue weighted by molar-refractivity contribution is 5.67. The van der Waals surface area contributed by atoms with E-state index in [4.69, 9.17) is 4.74 Å². The summed E-state index contributed by atoms with van der Waals surface area (Å²) in [4.78, 5) is 13.9. The summed E-state index contributed by atoms with van der Waals surface area (Å²) in [6, 6.07) is 9.77. The number of piperidine rings is 1. The van der Waals surface area contributed by atoms with Gasteiger partial charge in [0, 0.05) is 13.1 Å². The van der Waals surface area contributed by atoms with Gasteiger partial charge < -0.3 is 14.7 Å². The van der Waals surface area contributed by atoms with E-state index >= 15 is 0 Å². The second-order valence-corrected chi connectivity index (χ2v) is 6.90. The SMILES string of the molecule is CC(O)CC(C)CC1CCN(C(=O)OCc2ccccc2)CC1. The number of hydrogen-bond acceptors (Lipinski definition) is 3. The minimum absolute atomic E-state index is 0.204. The van der Waals surface area contributed by atoms with Gasteiger partial charge in [-0.25, -0.2) is 4.79 Å². The second kappa shape index (κ2) is 8.92. The van der Waals surface area contributed by atoms with Gasteiger partial charge in [0.05, 0.1) is 6.10 Å². The first kappa shape index (κ1) is 17.8. The van der Waals surface area contributed by atoms with Crippen LogP contribution in [0.3, 0.4) is 0 Å². The van der Waals surface area contributed by atoms with Crippen molar-refractivity contribution in [3.63, 3.8) is 0 Å². The van der Waals surface area contributed by atoms with Crippen LogP contribution in [0.1, 0.15) is 45.1 Å². The van der Waals surface area contributed by atoms with E-state index in [2.05, 4.69) is 6.92 Å². The Bertz CT molecular complexity index is 467. The Morgan fingerprint density at radius 3 is 2.52 bits per heavy atom. The molecular formula is C19H29NO3. The number of nitrogens with zero attached hydrogens (tertiary/aromatic N) is 1. The number of carbonyl (C=O) groups is 1. The van der Waals surface area contributed by atoms with Gasteiger partial charge in [0.2, 0.25) is 0 Å². The van der Waals surface area contributed by atoms with Gasteiger partial charge in [0.25, 0.3) is 0 Å². The number of aliphatic hydroxyl groups is 1. The molecule has 2 rings (SSSR count). The predicted molar refractivity (Wildman–Crippen MR) is 91.0 cm³/mol. The molecule has 2 unspecified atom stereocenters. The number of amides is 1. The third kappa shape index (κ3) is 6.22. The summed E-state index contributed by atoms with van der Waals surface area (Å²) < 4.78 is 5.39. The Balaban J connectivity index is 1.68. The van der Waals surface area contributed by atoms with Gasteiger partial charge >= 0.3 is 6.09 Å². The van der Waals surface area contributed by atoms with Crippen molar-refractivity contribution >= 4 is 6.09 Å². The Morgan fingerprint density at radius 2 is 1.91 bits per heavy atom. The first-order valence-electron chi connectivity index (χ1n) is 8.68. The summed E-state index contributed by atoms with van der Waals surface area (Å²) in [6.07, 6.45) is 3.63. The standard InChI is InChI=1S/C19H29NO3/c1-15(12-16(2)21)13-17-8-10-20(11-9-17)19(22)23-14-18-6-4-3-5-7-18/h3-7,15-17,21H,8-14H2,1-2H3. The number of ether oxygens (including phenoxy) is 1. The number of hydrogen-bond donors (Lipinski definition) is 1. The van der Waals surface area contributed by atoms with E-state index in [1.54, 1.807) is 0 Å². The zero-order valence-electron chi connectivity index (χ0n) is 14.3. The highest BCUT2D eigenvalue weighted by atomic mass is 16.6. The van der Waals surface area contributed by atoms with Crippen molar-refractivity contribution in [3.8, 4) is 0 Å². The van der Waals surface area contributed by atoms with E-state index in [1.165, 1.54) is 0 Å². The average molecular weight is 319 g/mol. The Morgan fingerprint density at radius 1 is 1.26 bits per heavy atom. The molecule has 4 heteroatoms. The van der Waals surface area contributed by atoms with Crippen LogP contribution in [0, 0.1) is 11.8 Å². The molecule has 1 aliphatic heterocycles. The predicted octanol–water partition coefficient (Wildman–Crippen LogP) is 3.83. The van der Waals surface area contributed by atoms with Gasteiger partial charge in [-0.15, -0.1) is 0 Å². The topological polar surface area (TPSA) is 49.8 Å². The zero-order chi connectivity index (χ0) is 16.7. The van der Waals surface area contributed by atoms with Crippen LogP contribution >= 0.6 is 0 Å². The second-order valence-electron chi connectivity index (χ2n) is 6.90. The molecule has 128 valence electrons. The molecule has 1 aromatic carbocycles. The number of rotatable bonds is 6. The van der Waals surface area contributed by atoms with E-state index in [1.807, 2.05) is 42.2 Å². The molecule has 0 aromatic heterocycles. The van der Waals surface area contributed by atoms with Crippen molar-refractivity contribution in [1.29, 1.82) is 0 Å². The molecule has 1 heterocycles. The molecule has 1 N–H and O–H groups in total. The summed E-state index contributed by atoms with van der Waals surface area (Å²) in [6.45, 7) is 5.94. The number of benzene rings is 1. The molecule has 0 bridgehead atoms. The van der Waals surface area contributed by atoms with Crippen molar-refractivity contribution in [2.45, 2.75) is 52.2 Å².